The second-order valence-electron chi connectivity index (χ2n) is 6.94. The predicted octanol–water partition coefficient (Wildman–Crippen LogP) is 3.11. The van der Waals surface area contributed by atoms with Crippen LogP contribution in [0.25, 0.3) is 0 Å². The predicted molar refractivity (Wildman–Crippen MR) is 92.1 cm³/mol. The van der Waals surface area contributed by atoms with Gasteiger partial charge in [0.15, 0.2) is 0 Å². The Hall–Kier alpha value is -0.910. The summed E-state index contributed by atoms with van der Waals surface area (Å²) in [4.78, 5) is 12.0. The van der Waals surface area contributed by atoms with Crippen molar-refractivity contribution in [1.82, 2.24) is 10.6 Å². The molecule has 1 aromatic carbocycles. The van der Waals surface area contributed by atoms with E-state index in [1.165, 1.54) is 0 Å². The summed E-state index contributed by atoms with van der Waals surface area (Å²) in [7, 11) is 0. The Bertz CT molecular complexity index is 526. The number of ether oxygens (including phenoxy) is 1. The number of amides is 1. The van der Waals surface area contributed by atoms with Crippen LogP contribution in [-0.2, 0) is 4.74 Å². The van der Waals surface area contributed by atoms with Gasteiger partial charge < -0.3 is 15.4 Å². The molecule has 1 atom stereocenters. The number of carbonyl (C=O) groups excluding carboxylic acids is 1. The van der Waals surface area contributed by atoms with Crippen LogP contribution in [0.3, 0.4) is 0 Å². The van der Waals surface area contributed by atoms with E-state index >= 15 is 0 Å². The molecule has 2 N–H and O–H groups in total. The van der Waals surface area contributed by atoms with Crippen molar-refractivity contribution in [3.8, 4) is 0 Å². The standard InChI is InChI=1S/C17H25BrN2O2/c1-16(2)11-14(17(3,4)22-16)19-9-10-20-15(21)12-5-7-13(18)8-6-12/h5-8,14,19H,9-11H2,1-4H3,(H,20,21). The SMILES string of the molecule is CC1(C)CC(NCCNC(=O)c2ccc(Br)cc2)C(C)(C)O1. The zero-order valence-corrected chi connectivity index (χ0v) is 15.3. The van der Waals surface area contributed by atoms with Gasteiger partial charge in [0.25, 0.3) is 5.91 Å². The molecule has 1 unspecified atom stereocenters. The fraction of sp³-hybridized carbons (Fsp3) is 0.588. The van der Waals surface area contributed by atoms with Gasteiger partial charge in [0.2, 0.25) is 0 Å². The molecule has 4 nitrogen and oxygen atoms in total. The monoisotopic (exact) mass is 368 g/mol. The Labute approximate surface area is 141 Å². The molecule has 1 heterocycles. The quantitative estimate of drug-likeness (QED) is 0.785. The van der Waals surface area contributed by atoms with E-state index in [0.717, 1.165) is 17.4 Å². The highest BCUT2D eigenvalue weighted by Gasteiger charge is 2.45. The largest absolute Gasteiger partial charge is 0.368 e. The highest BCUT2D eigenvalue weighted by atomic mass is 79.9. The molecular formula is C17H25BrN2O2. The van der Waals surface area contributed by atoms with E-state index in [1.54, 1.807) is 0 Å². The van der Waals surface area contributed by atoms with Crippen molar-refractivity contribution in [1.29, 1.82) is 0 Å². The Morgan fingerprint density at radius 2 is 1.86 bits per heavy atom. The lowest BCUT2D eigenvalue weighted by atomic mass is 9.94. The minimum absolute atomic E-state index is 0.0448. The van der Waals surface area contributed by atoms with Gasteiger partial charge in [0.05, 0.1) is 11.2 Å². The van der Waals surface area contributed by atoms with Gasteiger partial charge in [0.1, 0.15) is 0 Å². The first-order valence-electron chi connectivity index (χ1n) is 7.67. The Balaban J connectivity index is 1.75. The molecule has 1 aliphatic heterocycles. The lowest BCUT2D eigenvalue weighted by Gasteiger charge is -2.27. The lowest BCUT2D eigenvalue weighted by Crippen LogP contribution is -2.46. The molecule has 0 spiro atoms. The first-order chi connectivity index (χ1) is 10.2. The van der Waals surface area contributed by atoms with Crippen LogP contribution in [0.4, 0.5) is 0 Å². The molecule has 1 amide bonds. The lowest BCUT2D eigenvalue weighted by molar-refractivity contribution is -0.0697. The summed E-state index contributed by atoms with van der Waals surface area (Å²) in [5, 5.41) is 6.43. The molecule has 0 radical (unpaired) electrons. The molecule has 22 heavy (non-hydrogen) atoms. The van der Waals surface area contributed by atoms with Gasteiger partial charge in [-0.15, -0.1) is 0 Å². The number of benzene rings is 1. The van der Waals surface area contributed by atoms with E-state index in [9.17, 15) is 4.79 Å². The molecule has 0 bridgehead atoms. The average Bonchev–Trinajstić information content (AvgIpc) is 2.62. The fourth-order valence-corrected chi connectivity index (χ4v) is 3.27. The topological polar surface area (TPSA) is 50.4 Å². The van der Waals surface area contributed by atoms with Crippen LogP contribution in [0.15, 0.2) is 28.7 Å². The molecule has 0 saturated carbocycles. The van der Waals surface area contributed by atoms with E-state index in [4.69, 9.17) is 4.74 Å². The summed E-state index contributed by atoms with van der Waals surface area (Å²) in [5.74, 6) is -0.0448. The van der Waals surface area contributed by atoms with E-state index in [2.05, 4.69) is 54.3 Å². The minimum atomic E-state index is -0.181. The molecule has 5 heteroatoms. The number of hydrogen-bond acceptors (Lipinski definition) is 3. The molecule has 1 aliphatic rings. The van der Waals surface area contributed by atoms with Crippen molar-refractivity contribution >= 4 is 21.8 Å². The van der Waals surface area contributed by atoms with Crippen LogP contribution < -0.4 is 10.6 Å². The second kappa shape index (κ2) is 6.69. The van der Waals surface area contributed by atoms with Crippen LogP contribution in [0.1, 0.15) is 44.5 Å². The van der Waals surface area contributed by atoms with Gasteiger partial charge in [-0.05, 0) is 58.4 Å². The van der Waals surface area contributed by atoms with Gasteiger partial charge in [-0.25, -0.2) is 0 Å². The minimum Gasteiger partial charge on any atom is -0.368 e. The maximum atomic E-state index is 12.0. The molecule has 1 saturated heterocycles. The van der Waals surface area contributed by atoms with Gasteiger partial charge in [-0.2, -0.15) is 0 Å². The van der Waals surface area contributed by atoms with Crippen LogP contribution in [0.2, 0.25) is 0 Å². The van der Waals surface area contributed by atoms with Gasteiger partial charge >= 0.3 is 0 Å². The third kappa shape index (κ3) is 4.54. The Kier molecular flexibility index (Phi) is 5.30. The fourth-order valence-electron chi connectivity index (χ4n) is 3.01. The van der Waals surface area contributed by atoms with Crippen LogP contribution in [0.5, 0.6) is 0 Å². The van der Waals surface area contributed by atoms with Crippen molar-refractivity contribution < 1.29 is 9.53 Å². The van der Waals surface area contributed by atoms with Crippen LogP contribution in [0, 0.1) is 0 Å². The normalized spacial score (nSPS) is 22.5. The summed E-state index contributed by atoms with van der Waals surface area (Å²) < 4.78 is 7.02. The molecule has 0 aliphatic carbocycles. The molecule has 0 aromatic heterocycles. The number of rotatable bonds is 5. The maximum absolute atomic E-state index is 12.0. The molecular weight excluding hydrogens is 344 g/mol. The number of hydrogen-bond donors (Lipinski definition) is 2. The number of carbonyl (C=O) groups is 1. The average molecular weight is 369 g/mol. The molecule has 2 rings (SSSR count). The first-order valence-corrected chi connectivity index (χ1v) is 8.46. The maximum Gasteiger partial charge on any atom is 0.251 e. The van der Waals surface area contributed by atoms with Gasteiger partial charge in [-0.1, -0.05) is 15.9 Å². The summed E-state index contributed by atoms with van der Waals surface area (Å²) in [6.07, 6.45) is 0.973. The van der Waals surface area contributed by atoms with Crippen molar-refractivity contribution in [2.24, 2.45) is 0 Å². The van der Waals surface area contributed by atoms with Gasteiger partial charge in [-0.3, -0.25) is 4.79 Å². The summed E-state index contributed by atoms with van der Waals surface area (Å²) >= 11 is 3.36. The zero-order valence-electron chi connectivity index (χ0n) is 13.7. The van der Waals surface area contributed by atoms with Gasteiger partial charge in [0, 0.05) is 29.2 Å². The van der Waals surface area contributed by atoms with Crippen molar-refractivity contribution in [3.63, 3.8) is 0 Å². The van der Waals surface area contributed by atoms with E-state index in [0.29, 0.717) is 18.2 Å². The van der Waals surface area contributed by atoms with E-state index in [1.807, 2.05) is 24.3 Å². The third-order valence-corrected chi connectivity index (χ3v) is 4.51. The summed E-state index contributed by atoms with van der Waals surface area (Å²) in [6.45, 7) is 9.79. The Morgan fingerprint density at radius 3 is 2.41 bits per heavy atom. The summed E-state index contributed by atoms with van der Waals surface area (Å²) in [6, 6.07) is 7.65. The van der Waals surface area contributed by atoms with Crippen molar-refractivity contribution in [2.75, 3.05) is 13.1 Å². The number of nitrogens with one attached hydrogen (secondary N) is 2. The molecule has 1 aromatic rings. The van der Waals surface area contributed by atoms with Crippen LogP contribution in [-0.4, -0.2) is 36.2 Å². The zero-order chi connectivity index (χ0) is 16.4. The molecule has 1 fully saturated rings. The summed E-state index contributed by atoms with van der Waals surface area (Å²) in [5.41, 5.74) is 0.398. The van der Waals surface area contributed by atoms with Crippen molar-refractivity contribution in [2.45, 2.75) is 51.4 Å². The van der Waals surface area contributed by atoms with E-state index < -0.39 is 0 Å². The Morgan fingerprint density at radius 1 is 1.23 bits per heavy atom. The highest BCUT2D eigenvalue weighted by Crippen LogP contribution is 2.36. The van der Waals surface area contributed by atoms with Crippen molar-refractivity contribution in [3.05, 3.63) is 34.3 Å². The highest BCUT2D eigenvalue weighted by molar-refractivity contribution is 9.10. The smallest absolute Gasteiger partial charge is 0.251 e. The molecule has 122 valence electrons. The number of halogens is 1. The second-order valence-corrected chi connectivity index (χ2v) is 7.85. The van der Waals surface area contributed by atoms with Crippen LogP contribution >= 0.6 is 15.9 Å². The first kappa shape index (κ1) is 17.4. The van der Waals surface area contributed by atoms with E-state index in [-0.39, 0.29) is 17.1 Å². The third-order valence-electron chi connectivity index (χ3n) is 3.98.